The average Bonchev–Trinajstić information content (AvgIpc) is 2.99. The second kappa shape index (κ2) is 8.95. The number of carbonyl (C=O) groups is 1. The van der Waals surface area contributed by atoms with Gasteiger partial charge in [-0.2, -0.15) is 0 Å². The van der Waals surface area contributed by atoms with E-state index in [4.69, 9.17) is 10.6 Å². The highest BCUT2D eigenvalue weighted by atomic mass is 32.2. The predicted molar refractivity (Wildman–Crippen MR) is 111 cm³/mol. The van der Waals surface area contributed by atoms with Gasteiger partial charge >= 0.3 is 0 Å². The molecule has 1 atom stereocenters. The average molecular weight is 415 g/mol. The number of carbonyl (C=O) groups excluding carboxylic acids is 1. The van der Waals surface area contributed by atoms with E-state index in [9.17, 15) is 9.18 Å². The van der Waals surface area contributed by atoms with Crippen LogP contribution >= 0.6 is 11.8 Å². The van der Waals surface area contributed by atoms with Gasteiger partial charge in [-0.1, -0.05) is 23.9 Å². The molecule has 7 nitrogen and oxygen atoms in total. The molecular formula is C20H22FN5O2S. The Balaban J connectivity index is 1.60. The van der Waals surface area contributed by atoms with Gasteiger partial charge in [-0.05, 0) is 62.2 Å². The molecule has 1 heterocycles. The number of nitrogens with two attached hydrogens (primary N) is 1. The molecular weight excluding hydrogens is 393 g/mol. The van der Waals surface area contributed by atoms with Crippen LogP contribution in [0.5, 0.6) is 5.75 Å². The number of hydrogen-bond donors (Lipinski definition) is 2. The summed E-state index contributed by atoms with van der Waals surface area (Å²) in [6.07, 6.45) is 0. The highest BCUT2D eigenvalue weighted by Crippen LogP contribution is 2.23. The third-order valence-electron chi connectivity index (χ3n) is 4.04. The van der Waals surface area contributed by atoms with E-state index in [1.165, 1.54) is 22.9 Å². The van der Waals surface area contributed by atoms with E-state index in [2.05, 4.69) is 21.6 Å². The van der Waals surface area contributed by atoms with Crippen molar-refractivity contribution in [1.29, 1.82) is 0 Å². The number of aromatic nitrogens is 3. The summed E-state index contributed by atoms with van der Waals surface area (Å²) in [5, 5.41) is 10.6. The molecule has 0 aliphatic heterocycles. The summed E-state index contributed by atoms with van der Waals surface area (Å²) in [4.78, 5) is 12.3. The van der Waals surface area contributed by atoms with Gasteiger partial charge in [0.2, 0.25) is 11.1 Å². The summed E-state index contributed by atoms with van der Waals surface area (Å²) >= 11 is 1.15. The van der Waals surface area contributed by atoms with E-state index < -0.39 is 11.1 Å². The van der Waals surface area contributed by atoms with Crippen LogP contribution in [0.1, 0.15) is 23.9 Å². The minimum atomic E-state index is -0.516. The number of nitrogen functional groups attached to an aromatic ring is 1. The molecule has 0 fully saturated rings. The Labute approximate surface area is 172 Å². The maximum absolute atomic E-state index is 13.3. The van der Waals surface area contributed by atoms with Crippen molar-refractivity contribution in [2.75, 3.05) is 11.2 Å². The largest absolute Gasteiger partial charge is 0.486 e. The van der Waals surface area contributed by atoms with Gasteiger partial charge in [-0.15, -0.1) is 10.2 Å². The van der Waals surface area contributed by atoms with Crippen molar-refractivity contribution in [3.05, 3.63) is 65.2 Å². The van der Waals surface area contributed by atoms with Gasteiger partial charge in [0.15, 0.2) is 5.82 Å². The van der Waals surface area contributed by atoms with Crippen molar-refractivity contribution < 1.29 is 13.9 Å². The van der Waals surface area contributed by atoms with Crippen molar-refractivity contribution in [2.24, 2.45) is 0 Å². The van der Waals surface area contributed by atoms with E-state index in [1.807, 2.05) is 26.0 Å². The van der Waals surface area contributed by atoms with Gasteiger partial charge in [0.05, 0.1) is 5.25 Å². The van der Waals surface area contributed by atoms with Crippen LogP contribution in [0.15, 0.2) is 47.6 Å². The number of rotatable bonds is 7. The highest BCUT2D eigenvalue weighted by Gasteiger charge is 2.20. The van der Waals surface area contributed by atoms with Crippen LogP contribution in [0.3, 0.4) is 0 Å². The molecule has 29 heavy (non-hydrogen) atoms. The topological polar surface area (TPSA) is 95.1 Å². The molecule has 0 bridgehead atoms. The highest BCUT2D eigenvalue weighted by molar-refractivity contribution is 8.00. The molecule has 1 amide bonds. The summed E-state index contributed by atoms with van der Waals surface area (Å²) < 4.78 is 20.3. The molecule has 9 heteroatoms. The Kier molecular flexibility index (Phi) is 6.38. The lowest BCUT2D eigenvalue weighted by molar-refractivity contribution is -0.115. The van der Waals surface area contributed by atoms with Crippen molar-refractivity contribution in [1.82, 2.24) is 14.9 Å². The number of ether oxygens (including phenoxy) is 1. The first-order valence-corrected chi connectivity index (χ1v) is 9.83. The van der Waals surface area contributed by atoms with Gasteiger partial charge in [-0.3, -0.25) is 4.79 Å². The Hall–Kier alpha value is -3.07. The maximum atomic E-state index is 13.3. The third kappa shape index (κ3) is 5.47. The first kappa shape index (κ1) is 20.7. The first-order valence-electron chi connectivity index (χ1n) is 8.95. The number of amides is 1. The zero-order chi connectivity index (χ0) is 21.0. The Bertz CT molecular complexity index is 1000. The normalized spacial score (nSPS) is 11.9. The summed E-state index contributed by atoms with van der Waals surface area (Å²) in [6.45, 7) is 5.85. The molecule has 1 aromatic heterocycles. The van der Waals surface area contributed by atoms with Gasteiger partial charge < -0.3 is 15.9 Å². The number of anilines is 1. The molecule has 0 saturated heterocycles. The van der Waals surface area contributed by atoms with Crippen LogP contribution in [0.4, 0.5) is 10.1 Å². The number of nitrogens with one attached hydrogen (secondary N) is 1. The standard InChI is InChI=1S/C20H22FN5O2S/c1-12-7-13(2)9-17(8-12)28-11-18-24-25-20(26(18)22)29-14(3)19(27)23-16-6-4-5-15(21)10-16/h4-10,14H,11,22H2,1-3H3,(H,23,27)/t14-/m0/s1. The second-order valence-corrected chi connectivity index (χ2v) is 7.95. The minimum absolute atomic E-state index is 0.150. The SMILES string of the molecule is Cc1cc(C)cc(OCc2nnc(S[C@@H](C)C(=O)Nc3cccc(F)c3)n2N)c1. The van der Waals surface area contributed by atoms with Crippen molar-refractivity contribution in [3.8, 4) is 5.75 Å². The van der Waals surface area contributed by atoms with Crippen molar-refractivity contribution in [3.63, 3.8) is 0 Å². The van der Waals surface area contributed by atoms with E-state index in [1.54, 1.807) is 13.0 Å². The summed E-state index contributed by atoms with van der Waals surface area (Å²) in [7, 11) is 0. The van der Waals surface area contributed by atoms with E-state index in [0.29, 0.717) is 16.7 Å². The zero-order valence-electron chi connectivity index (χ0n) is 16.3. The molecule has 0 saturated carbocycles. The van der Waals surface area contributed by atoms with Crippen LogP contribution in [0.25, 0.3) is 0 Å². The lowest BCUT2D eigenvalue weighted by Gasteiger charge is -2.12. The molecule has 3 aromatic rings. The van der Waals surface area contributed by atoms with E-state index in [-0.39, 0.29) is 12.5 Å². The molecule has 0 spiro atoms. The third-order valence-corrected chi connectivity index (χ3v) is 5.10. The Morgan fingerprint density at radius 3 is 2.66 bits per heavy atom. The monoisotopic (exact) mass is 415 g/mol. The molecule has 0 unspecified atom stereocenters. The number of aryl methyl sites for hydroxylation is 2. The fourth-order valence-corrected chi connectivity index (χ4v) is 3.46. The lowest BCUT2D eigenvalue weighted by atomic mass is 10.1. The number of thioether (sulfide) groups is 1. The molecule has 0 radical (unpaired) electrons. The van der Waals surface area contributed by atoms with Crippen LogP contribution in [-0.2, 0) is 11.4 Å². The van der Waals surface area contributed by atoms with Crippen LogP contribution < -0.4 is 15.9 Å². The number of nitrogens with zero attached hydrogens (tertiary/aromatic N) is 3. The predicted octanol–water partition coefficient (Wildman–Crippen LogP) is 3.45. The summed E-state index contributed by atoms with van der Waals surface area (Å²) in [5.41, 5.74) is 2.59. The smallest absolute Gasteiger partial charge is 0.237 e. The van der Waals surface area contributed by atoms with Crippen molar-refractivity contribution in [2.45, 2.75) is 37.8 Å². The quantitative estimate of drug-likeness (QED) is 0.453. The Morgan fingerprint density at radius 2 is 1.97 bits per heavy atom. The van der Waals surface area contributed by atoms with Crippen LogP contribution in [-0.4, -0.2) is 26.0 Å². The Morgan fingerprint density at radius 1 is 1.24 bits per heavy atom. The summed E-state index contributed by atoms with van der Waals surface area (Å²) in [6, 6.07) is 11.6. The van der Waals surface area contributed by atoms with Crippen molar-refractivity contribution >= 4 is 23.4 Å². The minimum Gasteiger partial charge on any atom is -0.486 e. The van der Waals surface area contributed by atoms with Gasteiger partial charge in [0, 0.05) is 5.69 Å². The number of benzene rings is 2. The van der Waals surface area contributed by atoms with Crippen LogP contribution in [0, 0.1) is 19.7 Å². The van der Waals surface area contributed by atoms with Gasteiger partial charge in [-0.25, -0.2) is 9.07 Å². The number of halogens is 1. The first-order chi connectivity index (χ1) is 13.8. The van der Waals surface area contributed by atoms with Gasteiger partial charge in [0.25, 0.3) is 0 Å². The van der Waals surface area contributed by atoms with Gasteiger partial charge in [0.1, 0.15) is 18.2 Å². The van der Waals surface area contributed by atoms with E-state index >= 15 is 0 Å². The lowest BCUT2D eigenvalue weighted by Crippen LogP contribution is -2.24. The van der Waals surface area contributed by atoms with Crippen LogP contribution in [0.2, 0.25) is 0 Å². The fourth-order valence-electron chi connectivity index (χ4n) is 2.67. The molecule has 2 aromatic carbocycles. The summed E-state index contributed by atoms with van der Waals surface area (Å²) in [5.74, 6) is 6.50. The molecule has 3 N–H and O–H groups in total. The molecule has 152 valence electrons. The van der Waals surface area contributed by atoms with E-state index in [0.717, 1.165) is 28.6 Å². The number of hydrogen-bond acceptors (Lipinski definition) is 6. The molecule has 0 aliphatic carbocycles. The molecule has 3 rings (SSSR count). The molecule has 0 aliphatic rings. The maximum Gasteiger partial charge on any atom is 0.237 e. The second-order valence-electron chi connectivity index (χ2n) is 6.64. The fraction of sp³-hybridized carbons (Fsp3) is 0.250. The zero-order valence-corrected chi connectivity index (χ0v) is 17.2.